The highest BCUT2D eigenvalue weighted by molar-refractivity contribution is 5.77. The third kappa shape index (κ3) is 4.08. The Morgan fingerprint density at radius 1 is 1.30 bits per heavy atom. The first-order valence-corrected chi connectivity index (χ1v) is 6.63. The first-order chi connectivity index (χ1) is 9.54. The molecule has 2 aromatic rings. The van der Waals surface area contributed by atoms with Crippen molar-refractivity contribution in [1.82, 2.24) is 5.32 Å². The van der Waals surface area contributed by atoms with Crippen LogP contribution >= 0.6 is 0 Å². The van der Waals surface area contributed by atoms with E-state index in [0.717, 1.165) is 5.39 Å². The summed E-state index contributed by atoms with van der Waals surface area (Å²) in [5, 5.41) is 13.7. The molecule has 0 spiro atoms. The van der Waals surface area contributed by atoms with Crippen LogP contribution in [0.2, 0.25) is 0 Å². The lowest BCUT2D eigenvalue weighted by atomic mass is 10.2. The molecule has 1 unspecified atom stereocenters. The van der Waals surface area contributed by atoms with Crippen molar-refractivity contribution in [2.24, 2.45) is 0 Å². The quantitative estimate of drug-likeness (QED) is 0.783. The van der Waals surface area contributed by atoms with Gasteiger partial charge in [0.1, 0.15) is 24.0 Å². The number of ether oxygens (including phenoxy) is 1. The van der Waals surface area contributed by atoms with Crippen LogP contribution < -0.4 is 15.7 Å². The molecule has 0 aliphatic rings. The van der Waals surface area contributed by atoms with Gasteiger partial charge in [0.25, 0.3) is 0 Å². The van der Waals surface area contributed by atoms with Gasteiger partial charge in [-0.15, -0.1) is 0 Å². The van der Waals surface area contributed by atoms with Crippen LogP contribution in [0, 0.1) is 0 Å². The van der Waals surface area contributed by atoms with Crippen LogP contribution in [0.15, 0.2) is 39.5 Å². The molecule has 0 amide bonds. The first-order valence-electron chi connectivity index (χ1n) is 6.63. The smallest absolute Gasteiger partial charge is 0.336 e. The maximum atomic E-state index is 11.2. The fourth-order valence-corrected chi connectivity index (χ4v) is 1.75. The molecule has 20 heavy (non-hydrogen) atoms. The minimum Gasteiger partial charge on any atom is -0.491 e. The van der Waals surface area contributed by atoms with Gasteiger partial charge in [-0.2, -0.15) is 0 Å². The SMILES string of the molecule is CC(C)NCC(O)COc1ccc2ccc(=O)oc2c1. The highest BCUT2D eigenvalue weighted by atomic mass is 16.5. The summed E-state index contributed by atoms with van der Waals surface area (Å²) in [5.74, 6) is 0.565. The number of benzene rings is 1. The van der Waals surface area contributed by atoms with Gasteiger partial charge in [-0.05, 0) is 18.2 Å². The summed E-state index contributed by atoms with van der Waals surface area (Å²) in [7, 11) is 0. The second-order valence-electron chi connectivity index (χ2n) is 4.98. The van der Waals surface area contributed by atoms with Gasteiger partial charge in [-0.25, -0.2) is 4.79 Å². The van der Waals surface area contributed by atoms with Crippen LogP contribution in [0.4, 0.5) is 0 Å². The molecule has 0 aliphatic carbocycles. The monoisotopic (exact) mass is 277 g/mol. The van der Waals surface area contributed by atoms with Gasteiger partial charge in [0.05, 0.1) is 0 Å². The molecule has 1 aromatic heterocycles. The normalized spacial score (nSPS) is 12.8. The molecule has 0 radical (unpaired) electrons. The molecule has 0 saturated carbocycles. The van der Waals surface area contributed by atoms with Gasteiger partial charge in [-0.1, -0.05) is 13.8 Å². The minimum absolute atomic E-state index is 0.183. The Morgan fingerprint density at radius 2 is 2.05 bits per heavy atom. The number of aliphatic hydroxyl groups is 1. The van der Waals surface area contributed by atoms with Gasteiger partial charge < -0.3 is 19.6 Å². The molecule has 1 atom stereocenters. The van der Waals surface area contributed by atoms with Crippen molar-refractivity contribution in [3.8, 4) is 5.75 Å². The van der Waals surface area contributed by atoms with Crippen LogP contribution in [0.25, 0.3) is 11.0 Å². The van der Waals surface area contributed by atoms with Crippen LogP contribution in [0.1, 0.15) is 13.8 Å². The van der Waals surface area contributed by atoms with E-state index >= 15 is 0 Å². The molecule has 0 bridgehead atoms. The zero-order chi connectivity index (χ0) is 14.5. The predicted molar refractivity (Wildman–Crippen MR) is 77.1 cm³/mol. The first kappa shape index (κ1) is 14.6. The largest absolute Gasteiger partial charge is 0.491 e. The van der Waals surface area contributed by atoms with Crippen molar-refractivity contribution in [2.75, 3.05) is 13.2 Å². The second-order valence-corrected chi connectivity index (χ2v) is 4.98. The molecule has 0 fully saturated rings. The van der Waals surface area contributed by atoms with E-state index in [1.54, 1.807) is 18.2 Å². The maximum absolute atomic E-state index is 11.2. The van der Waals surface area contributed by atoms with Gasteiger partial charge in [0.2, 0.25) is 0 Å². The zero-order valence-corrected chi connectivity index (χ0v) is 11.6. The van der Waals surface area contributed by atoms with Crippen LogP contribution in [-0.4, -0.2) is 30.4 Å². The summed E-state index contributed by atoms with van der Waals surface area (Å²) in [6, 6.07) is 8.65. The lowest BCUT2D eigenvalue weighted by Crippen LogP contribution is -2.35. The Labute approximate surface area is 117 Å². The van der Waals surface area contributed by atoms with E-state index in [9.17, 15) is 9.90 Å². The molecule has 0 saturated heterocycles. The highest BCUT2D eigenvalue weighted by Crippen LogP contribution is 2.19. The second kappa shape index (κ2) is 6.54. The highest BCUT2D eigenvalue weighted by Gasteiger charge is 2.07. The third-order valence-electron chi connectivity index (χ3n) is 2.80. The Balaban J connectivity index is 1.97. The molecule has 2 N–H and O–H groups in total. The molecule has 1 heterocycles. The molecule has 5 nitrogen and oxygen atoms in total. The average Bonchev–Trinajstić information content (AvgIpc) is 2.42. The van der Waals surface area contributed by atoms with Crippen molar-refractivity contribution in [2.45, 2.75) is 26.0 Å². The van der Waals surface area contributed by atoms with E-state index in [0.29, 0.717) is 23.9 Å². The fourth-order valence-electron chi connectivity index (χ4n) is 1.75. The van der Waals surface area contributed by atoms with Crippen molar-refractivity contribution in [3.05, 3.63) is 40.8 Å². The van der Waals surface area contributed by atoms with Crippen molar-refractivity contribution in [1.29, 1.82) is 0 Å². The number of fused-ring (bicyclic) bond motifs is 1. The van der Waals surface area contributed by atoms with Gasteiger partial charge in [-0.3, -0.25) is 0 Å². The van der Waals surface area contributed by atoms with Crippen LogP contribution in [-0.2, 0) is 0 Å². The summed E-state index contributed by atoms with van der Waals surface area (Å²) < 4.78 is 10.6. The molecule has 0 aliphatic heterocycles. The zero-order valence-electron chi connectivity index (χ0n) is 11.6. The maximum Gasteiger partial charge on any atom is 0.336 e. The van der Waals surface area contributed by atoms with E-state index in [1.807, 2.05) is 19.9 Å². The topological polar surface area (TPSA) is 71.7 Å². The molecule has 1 aromatic carbocycles. The number of nitrogens with one attached hydrogen (secondary N) is 1. The summed E-state index contributed by atoms with van der Waals surface area (Å²) in [6.45, 7) is 4.68. The number of rotatable bonds is 6. The molecular formula is C15H19NO4. The lowest BCUT2D eigenvalue weighted by molar-refractivity contribution is 0.104. The summed E-state index contributed by atoms with van der Waals surface area (Å²) in [5.41, 5.74) is 0.0839. The predicted octanol–water partition coefficient (Wildman–Crippen LogP) is 1.53. The summed E-state index contributed by atoms with van der Waals surface area (Å²) >= 11 is 0. The van der Waals surface area contributed by atoms with Crippen LogP contribution in [0.3, 0.4) is 0 Å². The number of aliphatic hydroxyl groups excluding tert-OH is 1. The van der Waals surface area contributed by atoms with Gasteiger partial charge in [0, 0.05) is 30.1 Å². The van der Waals surface area contributed by atoms with Gasteiger partial charge >= 0.3 is 5.63 Å². The minimum atomic E-state index is -0.587. The van der Waals surface area contributed by atoms with Crippen molar-refractivity contribution >= 4 is 11.0 Å². The third-order valence-corrected chi connectivity index (χ3v) is 2.80. The van der Waals surface area contributed by atoms with Crippen molar-refractivity contribution in [3.63, 3.8) is 0 Å². The number of hydrogen-bond acceptors (Lipinski definition) is 5. The van der Waals surface area contributed by atoms with Crippen molar-refractivity contribution < 1.29 is 14.3 Å². The fraction of sp³-hybridized carbons (Fsp3) is 0.400. The lowest BCUT2D eigenvalue weighted by Gasteiger charge is -2.15. The van der Waals surface area contributed by atoms with Gasteiger partial charge in [0.15, 0.2) is 0 Å². The summed E-state index contributed by atoms with van der Waals surface area (Å²) in [6.07, 6.45) is -0.587. The molecule has 5 heteroatoms. The average molecular weight is 277 g/mol. The Hall–Kier alpha value is -1.85. The molecule has 108 valence electrons. The van der Waals surface area contributed by atoms with E-state index in [2.05, 4.69) is 5.32 Å². The Morgan fingerprint density at radius 3 is 2.80 bits per heavy atom. The summed E-state index contributed by atoms with van der Waals surface area (Å²) in [4.78, 5) is 11.2. The van der Waals surface area contributed by atoms with E-state index < -0.39 is 11.7 Å². The Kier molecular flexibility index (Phi) is 4.76. The molecule has 2 rings (SSSR count). The van der Waals surface area contributed by atoms with E-state index in [4.69, 9.17) is 9.15 Å². The van der Waals surface area contributed by atoms with Crippen LogP contribution in [0.5, 0.6) is 5.75 Å². The Bertz CT molecular complexity index is 621. The standard InChI is InChI=1S/C15H19NO4/c1-10(2)16-8-12(17)9-19-13-5-3-11-4-6-15(18)20-14(11)7-13/h3-7,10,12,16-17H,8-9H2,1-2H3. The van der Waals surface area contributed by atoms with E-state index in [1.165, 1.54) is 6.07 Å². The number of hydrogen-bond donors (Lipinski definition) is 2. The molecular weight excluding hydrogens is 258 g/mol. The van der Waals surface area contributed by atoms with E-state index in [-0.39, 0.29) is 6.61 Å².